The minimum atomic E-state index is 0.129. The van der Waals surface area contributed by atoms with Gasteiger partial charge < -0.3 is 15.2 Å². The molecule has 3 aromatic rings. The van der Waals surface area contributed by atoms with Crippen molar-refractivity contribution in [2.75, 3.05) is 13.2 Å². The Bertz CT molecular complexity index is 1210. The van der Waals surface area contributed by atoms with E-state index in [1.165, 1.54) is 42.2 Å². The minimum absolute atomic E-state index is 0.129. The van der Waals surface area contributed by atoms with Crippen LogP contribution in [0, 0.1) is 11.8 Å². The van der Waals surface area contributed by atoms with Crippen LogP contribution in [0.1, 0.15) is 51.4 Å². The summed E-state index contributed by atoms with van der Waals surface area (Å²) < 4.78 is 2.30. The fourth-order valence-corrected chi connectivity index (χ4v) is 5.74. The molecule has 0 spiro atoms. The van der Waals surface area contributed by atoms with Crippen molar-refractivity contribution in [2.45, 2.75) is 57.9 Å². The van der Waals surface area contributed by atoms with Crippen LogP contribution in [-0.2, 0) is 11.3 Å². The van der Waals surface area contributed by atoms with Crippen molar-refractivity contribution < 1.29 is 4.79 Å². The fourth-order valence-electron chi connectivity index (χ4n) is 5.74. The van der Waals surface area contributed by atoms with Crippen LogP contribution in [0.4, 0.5) is 0 Å². The van der Waals surface area contributed by atoms with E-state index in [0.29, 0.717) is 19.1 Å². The van der Waals surface area contributed by atoms with Gasteiger partial charge in [-0.2, -0.15) is 0 Å². The van der Waals surface area contributed by atoms with Crippen molar-refractivity contribution in [3.8, 4) is 11.1 Å². The molecule has 1 saturated carbocycles. The Hall–Kier alpha value is -3.41. The highest BCUT2D eigenvalue weighted by Crippen LogP contribution is 2.34. The molecule has 2 aliphatic rings. The summed E-state index contributed by atoms with van der Waals surface area (Å²) in [5.74, 6) is 0.884. The first-order valence-electron chi connectivity index (χ1n) is 13.5. The van der Waals surface area contributed by atoms with Crippen molar-refractivity contribution >= 4 is 23.2 Å². The lowest BCUT2D eigenvalue weighted by Crippen LogP contribution is -2.38. The lowest BCUT2D eigenvalue weighted by Gasteiger charge is -2.23. The molecule has 1 aliphatic carbocycles. The van der Waals surface area contributed by atoms with E-state index in [4.69, 9.17) is 0 Å². The first-order chi connectivity index (χ1) is 17.8. The Morgan fingerprint density at radius 2 is 1.94 bits per heavy atom. The summed E-state index contributed by atoms with van der Waals surface area (Å²) in [5.41, 5.74) is 4.55. The lowest BCUT2D eigenvalue weighted by molar-refractivity contribution is -0.126. The van der Waals surface area contributed by atoms with E-state index in [2.05, 4.69) is 67.8 Å². The molecule has 5 rings (SSSR count). The average Bonchev–Trinajstić information content (AvgIpc) is 3.59. The number of aryl methyl sites for hydroxylation is 1. The maximum absolute atomic E-state index is 13.1. The highest BCUT2D eigenvalue weighted by Gasteiger charge is 2.30. The molecule has 1 amide bonds. The molecule has 1 fully saturated rings. The van der Waals surface area contributed by atoms with Gasteiger partial charge >= 0.3 is 0 Å². The van der Waals surface area contributed by atoms with E-state index < -0.39 is 0 Å². The zero-order chi connectivity index (χ0) is 24.6. The van der Waals surface area contributed by atoms with Crippen molar-refractivity contribution in [3.05, 3.63) is 66.6 Å². The van der Waals surface area contributed by atoms with E-state index in [1.54, 1.807) is 6.21 Å². The molecule has 188 valence electrons. The molecule has 2 aromatic heterocycles. The smallest absolute Gasteiger partial charge is 0.223 e. The van der Waals surface area contributed by atoms with Gasteiger partial charge in [-0.15, -0.1) is 0 Å². The first kappa shape index (κ1) is 24.3. The Balaban J connectivity index is 1.16. The van der Waals surface area contributed by atoms with Gasteiger partial charge in [0.2, 0.25) is 5.91 Å². The van der Waals surface area contributed by atoms with Gasteiger partial charge in [0.25, 0.3) is 0 Å². The Kier molecular flexibility index (Phi) is 8.11. The number of pyridine rings is 1. The molecule has 1 unspecified atom stereocenters. The number of aromatic nitrogens is 2. The normalized spacial score (nSPS) is 16.6. The number of benzene rings is 1. The lowest BCUT2D eigenvalue weighted by atomic mass is 9.85. The number of fused-ring (bicyclic) bond motifs is 1. The number of nitrogens with one attached hydrogen (secondary N) is 2. The minimum Gasteiger partial charge on any atom is -0.368 e. The van der Waals surface area contributed by atoms with Gasteiger partial charge in [0, 0.05) is 47.7 Å². The topological polar surface area (TPSA) is 71.3 Å². The predicted molar refractivity (Wildman–Crippen MR) is 147 cm³/mol. The summed E-state index contributed by atoms with van der Waals surface area (Å²) >= 11 is 0. The summed E-state index contributed by atoms with van der Waals surface area (Å²) in [7, 11) is 0. The molecule has 36 heavy (non-hydrogen) atoms. The highest BCUT2D eigenvalue weighted by molar-refractivity contribution is 5.94. The molecular formula is C30H37N5O. The number of nitrogens with zero attached hydrogens (tertiary/aromatic N) is 3. The quantitative estimate of drug-likeness (QED) is 0.344. The molecule has 3 heterocycles. The Morgan fingerprint density at radius 3 is 2.75 bits per heavy atom. The number of hydrogen-bond donors (Lipinski definition) is 2. The van der Waals surface area contributed by atoms with Crippen LogP contribution < -0.4 is 10.6 Å². The Morgan fingerprint density at radius 1 is 1.08 bits per heavy atom. The van der Waals surface area contributed by atoms with Crippen LogP contribution in [0.15, 0.2) is 71.6 Å². The van der Waals surface area contributed by atoms with Gasteiger partial charge in [-0.3, -0.25) is 9.79 Å². The molecule has 0 saturated heterocycles. The molecule has 1 atom stereocenters. The standard InChI is InChI=1S/C30H37N5O/c36-30(33-20-25-16-18-31-22-34-25)26(23-12-6-7-13-23)14-5-2-8-19-35-21-28(24-10-3-1-4-11-24)27-15-9-17-32-29(27)35/h1,3-4,9-11,15-18,21,23,26,34H,2,5-8,12-14,19-20,22H2,(H,33,36). The highest BCUT2D eigenvalue weighted by atomic mass is 16.1. The van der Waals surface area contributed by atoms with Crippen molar-refractivity contribution in [2.24, 2.45) is 16.8 Å². The number of unbranched alkanes of at least 4 members (excludes halogenated alkanes) is 2. The zero-order valence-electron chi connectivity index (χ0n) is 21.0. The van der Waals surface area contributed by atoms with Gasteiger partial charge in [-0.25, -0.2) is 4.98 Å². The van der Waals surface area contributed by atoms with Crippen LogP contribution in [-0.4, -0.2) is 34.9 Å². The van der Waals surface area contributed by atoms with E-state index in [9.17, 15) is 4.79 Å². The number of hydrogen-bond acceptors (Lipinski definition) is 4. The fraction of sp³-hybridized carbons (Fsp3) is 0.433. The average molecular weight is 484 g/mol. The second kappa shape index (κ2) is 12.0. The van der Waals surface area contributed by atoms with Crippen LogP contribution in [0.25, 0.3) is 22.2 Å². The third kappa shape index (κ3) is 5.86. The summed E-state index contributed by atoms with van der Waals surface area (Å²) in [6.07, 6.45) is 17.0. The van der Waals surface area contributed by atoms with E-state index in [-0.39, 0.29) is 11.8 Å². The number of amides is 1. The van der Waals surface area contributed by atoms with Gasteiger partial charge in [0.1, 0.15) is 12.3 Å². The second-order valence-electron chi connectivity index (χ2n) is 10.1. The van der Waals surface area contributed by atoms with Gasteiger partial charge in [0.05, 0.1) is 6.54 Å². The van der Waals surface area contributed by atoms with Crippen LogP contribution in [0.2, 0.25) is 0 Å². The first-order valence-corrected chi connectivity index (χ1v) is 13.5. The molecule has 0 bridgehead atoms. The third-order valence-electron chi connectivity index (χ3n) is 7.67. The summed E-state index contributed by atoms with van der Waals surface area (Å²) in [6, 6.07) is 14.7. The van der Waals surface area contributed by atoms with Crippen LogP contribution in [0.3, 0.4) is 0 Å². The number of aliphatic imine (C=N–C) groups is 1. The van der Waals surface area contributed by atoms with E-state index in [1.807, 2.05) is 18.3 Å². The molecule has 0 radical (unpaired) electrons. The maximum atomic E-state index is 13.1. The van der Waals surface area contributed by atoms with Crippen molar-refractivity contribution in [1.29, 1.82) is 0 Å². The number of carbonyl (C=O) groups excluding carboxylic acids is 1. The molecule has 1 aliphatic heterocycles. The van der Waals surface area contributed by atoms with Gasteiger partial charge in [-0.1, -0.05) is 56.0 Å². The van der Waals surface area contributed by atoms with E-state index >= 15 is 0 Å². The maximum Gasteiger partial charge on any atom is 0.223 e. The number of carbonyl (C=O) groups is 1. The second-order valence-corrected chi connectivity index (χ2v) is 10.1. The van der Waals surface area contributed by atoms with E-state index in [0.717, 1.165) is 43.6 Å². The monoisotopic (exact) mass is 483 g/mol. The molecule has 6 nitrogen and oxygen atoms in total. The summed E-state index contributed by atoms with van der Waals surface area (Å²) in [5, 5.41) is 7.62. The SMILES string of the molecule is O=C(NCC1=CC=NCN1)C(CCCCCn1cc(-c2ccccc2)c2cccnc21)C1CCCC1. The number of rotatable bonds is 11. The van der Waals surface area contributed by atoms with Gasteiger partial charge in [-0.05, 0) is 55.4 Å². The molecule has 6 heteroatoms. The predicted octanol–water partition coefficient (Wildman–Crippen LogP) is 5.70. The zero-order valence-corrected chi connectivity index (χ0v) is 21.0. The summed E-state index contributed by atoms with van der Waals surface area (Å²) in [6.45, 7) is 2.10. The Labute approximate surface area is 213 Å². The number of allylic oxidation sites excluding steroid dienone is 1. The molecule has 2 N–H and O–H groups in total. The van der Waals surface area contributed by atoms with Crippen molar-refractivity contribution in [1.82, 2.24) is 20.2 Å². The third-order valence-corrected chi connectivity index (χ3v) is 7.67. The van der Waals surface area contributed by atoms with Crippen LogP contribution in [0.5, 0.6) is 0 Å². The largest absolute Gasteiger partial charge is 0.368 e. The molecular weight excluding hydrogens is 446 g/mol. The molecule has 1 aromatic carbocycles. The van der Waals surface area contributed by atoms with Crippen LogP contribution >= 0.6 is 0 Å². The summed E-state index contributed by atoms with van der Waals surface area (Å²) in [4.78, 5) is 21.9. The van der Waals surface area contributed by atoms with Gasteiger partial charge in [0.15, 0.2) is 0 Å². The van der Waals surface area contributed by atoms with Crippen molar-refractivity contribution in [3.63, 3.8) is 0 Å².